The summed E-state index contributed by atoms with van der Waals surface area (Å²) < 4.78 is 13.2. The number of rotatable bonds is 2. The molecular weight excluding hydrogens is 251 g/mol. The molecule has 4 heteroatoms. The standard InChI is InChI=1S/C14H22ClFN2/c15-14-17-12-3-1-2-4-13(12)18(14)9-10-5-7-11(16)8-6-10/h10-13H,1-9H2. The molecule has 1 heterocycles. The maximum atomic E-state index is 13.2. The summed E-state index contributed by atoms with van der Waals surface area (Å²) in [6, 6.07) is 0.970. The van der Waals surface area contributed by atoms with Gasteiger partial charge >= 0.3 is 0 Å². The van der Waals surface area contributed by atoms with Crippen LogP contribution >= 0.6 is 11.6 Å². The first-order valence-corrected chi connectivity index (χ1v) is 7.76. The predicted molar refractivity (Wildman–Crippen MR) is 72.9 cm³/mol. The molecule has 0 amide bonds. The average Bonchev–Trinajstić information content (AvgIpc) is 2.69. The Kier molecular flexibility index (Phi) is 3.78. The molecule has 0 saturated heterocycles. The van der Waals surface area contributed by atoms with Gasteiger partial charge in [0.1, 0.15) is 6.17 Å². The van der Waals surface area contributed by atoms with Crippen LogP contribution in [0.25, 0.3) is 0 Å². The molecule has 0 bridgehead atoms. The van der Waals surface area contributed by atoms with E-state index in [2.05, 4.69) is 9.89 Å². The van der Waals surface area contributed by atoms with Gasteiger partial charge in [-0.05, 0) is 56.0 Å². The second-order valence-electron chi connectivity index (χ2n) is 6.09. The maximum absolute atomic E-state index is 13.2. The van der Waals surface area contributed by atoms with E-state index in [1.807, 2.05) is 0 Å². The Morgan fingerprint density at radius 3 is 2.61 bits per heavy atom. The van der Waals surface area contributed by atoms with Crippen LogP contribution in [0.15, 0.2) is 4.99 Å². The Morgan fingerprint density at radius 1 is 1.11 bits per heavy atom. The van der Waals surface area contributed by atoms with Crippen molar-refractivity contribution in [1.29, 1.82) is 0 Å². The highest BCUT2D eigenvalue weighted by atomic mass is 35.5. The molecular formula is C14H22ClFN2. The van der Waals surface area contributed by atoms with E-state index < -0.39 is 6.17 Å². The third-order valence-electron chi connectivity index (χ3n) is 4.83. The number of hydrogen-bond acceptors (Lipinski definition) is 2. The molecule has 102 valence electrons. The van der Waals surface area contributed by atoms with Crippen molar-refractivity contribution >= 4 is 16.9 Å². The number of aliphatic imine (C=N–C) groups is 1. The highest BCUT2D eigenvalue weighted by Crippen LogP contribution is 2.34. The van der Waals surface area contributed by atoms with Crippen LogP contribution in [0.5, 0.6) is 0 Å². The first-order chi connectivity index (χ1) is 8.74. The number of hydrogen-bond donors (Lipinski definition) is 0. The lowest BCUT2D eigenvalue weighted by Gasteiger charge is -2.35. The minimum atomic E-state index is -0.564. The maximum Gasteiger partial charge on any atom is 0.194 e. The molecule has 2 nitrogen and oxygen atoms in total. The quantitative estimate of drug-likeness (QED) is 0.699. The summed E-state index contributed by atoms with van der Waals surface area (Å²) in [5.74, 6) is 0.613. The molecule has 0 spiro atoms. The number of amidine groups is 1. The summed E-state index contributed by atoms with van der Waals surface area (Å²) in [4.78, 5) is 6.92. The Labute approximate surface area is 114 Å². The van der Waals surface area contributed by atoms with Crippen molar-refractivity contribution < 1.29 is 4.39 Å². The Morgan fingerprint density at radius 2 is 1.83 bits per heavy atom. The zero-order chi connectivity index (χ0) is 12.5. The molecule has 0 aromatic carbocycles. The lowest BCUT2D eigenvalue weighted by molar-refractivity contribution is 0.162. The van der Waals surface area contributed by atoms with E-state index in [0.717, 1.165) is 32.2 Å². The van der Waals surface area contributed by atoms with Crippen LogP contribution in [-0.4, -0.2) is 35.0 Å². The van der Waals surface area contributed by atoms with E-state index in [9.17, 15) is 4.39 Å². The lowest BCUT2D eigenvalue weighted by atomic mass is 9.86. The summed E-state index contributed by atoms with van der Waals surface area (Å²) in [7, 11) is 0. The average molecular weight is 273 g/mol. The number of halogens is 2. The van der Waals surface area contributed by atoms with Crippen molar-refractivity contribution in [2.45, 2.75) is 69.6 Å². The third kappa shape index (κ3) is 2.52. The Balaban J connectivity index is 1.60. The zero-order valence-corrected chi connectivity index (χ0v) is 11.6. The van der Waals surface area contributed by atoms with Crippen molar-refractivity contribution in [2.75, 3.05) is 6.54 Å². The van der Waals surface area contributed by atoms with Crippen molar-refractivity contribution in [1.82, 2.24) is 4.90 Å². The fourth-order valence-corrected chi connectivity index (χ4v) is 4.07. The summed E-state index contributed by atoms with van der Waals surface area (Å²) in [5, 5.41) is 0.717. The van der Waals surface area contributed by atoms with Crippen LogP contribution in [0, 0.1) is 5.92 Å². The molecule has 2 fully saturated rings. The molecule has 2 unspecified atom stereocenters. The van der Waals surface area contributed by atoms with Crippen LogP contribution in [0.4, 0.5) is 4.39 Å². The van der Waals surface area contributed by atoms with Gasteiger partial charge in [0, 0.05) is 6.54 Å². The second kappa shape index (κ2) is 5.36. The van der Waals surface area contributed by atoms with Crippen molar-refractivity contribution in [3.63, 3.8) is 0 Å². The van der Waals surface area contributed by atoms with Gasteiger partial charge in [0.15, 0.2) is 5.29 Å². The molecule has 2 aliphatic carbocycles. The largest absolute Gasteiger partial charge is 0.342 e. The number of alkyl halides is 1. The van der Waals surface area contributed by atoms with Gasteiger partial charge in [-0.2, -0.15) is 0 Å². The molecule has 3 aliphatic rings. The number of fused-ring (bicyclic) bond motifs is 1. The van der Waals surface area contributed by atoms with Gasteiger partial charge in [-0.1, -0.05) is 12.8 Å². The van der Waals surface area contributed by atoms with Gasteiger partial charge in [0.2, 0.25) is 0 Å². The SMILES string of the molecule is FC1CCC(CN2C(Cl)=NC3CCCCC32)CC1. The summed E-state index contributed by atoms with van der Waals surface area (Å²) in [6.45, 7) is 0.996. The Hall–Kier alpha value is -0.310. The first kappa shape index (κ1) is 12.7. The monoisotopic (exact) mass is 272 g/mol. The summed E-state index contributed by atoms with van der Waals surface area (Å²) >= 11 is 6.30. The van der Waals surface area contributed by atoms with Gasteiger partial charge in [0.25, 0.3) is 0 Å². The minimum Gasteiger partial charge on any atom is -0.342 e. The molecule has 3 rings (SSSR count). The second-order valence-corrected chi connectivity index (χ2v) is 6.43. The number of nitrogens with zero attached hydrogens (tertiary/aromatic N) is 2. The molecule has 0 N–H and O–H groups in total. The predicted octanol–water partition coefficient (Wildman–Crippen LogP) is 3.74. The van der Waals surface area contributed by atoms with E-state index >= 15 is 0 Å². The van der Waals surface area contributed by atoms with Crippen molar-refractivity contribution in [3.05, 3.63) is 0 Å². The third-order valence-corrected chi connectivity index (χ3v) is 5.15. The highest BCUT2D eigenvalue weighted by Gasteiger charge is 2.38. The normalized spacial score (nSPS) is 40.6. The molecule has 0 aromatic heterocycles. The molecule has 2 saturated carbocycles. The highest BCUT2D eigenvalue weighted by molar-refractivity contribution is 6.64. The van der Waals surface area contributed by atoms with Gasteiger partial charge < -0.3 is 4.90 Å². The van der Waals surface area contributed by atoms with Gasteiger partial charge in [-0.15, -0.1) is 0 Å². The summed E-state index contributed by atoms with van der Waals surface area (Å²) in [6.07, 6.45) is 7.94. The molecule has 18 heavy (non-hydrogen) atoms. The van der Waals surface area contributed by atoms with E-state index in [4.69, 9.17) is 11.6 Å². The van der Waals surface area contributed by atoms with Gasteiger partial charge in [0.05, 0.1) is 12.1 Å². The Bertz CT molecular complexity index is 326. The van der Waals surface area contributed by atoms with E-state index in [0.29, 0.717) is 23.3 Å². The topological polar surface area (TPSA) is 15.6 Å². The zero-order valence-electron chi connectivity index (χ0n) is 10.8. The van der Waals surface area contributed by atoms with Crippen LogP contribution < -0.4 is 0 Å². The van der Waals surface area contributed by atoms with Crippen LogP contribution in [0.2, 0.25) is 0 Å². The van der Waals surface area contributed by atoms with Crippen molar-refractivity contribution in [3.8, 4) is 0 Å². The molecule has 0 radical (unpaired) electrons. The summed E-state index contributed by atoms with van der Waals surface area (Å²) in [5.41, 5.74) is 0. The van der Waals surface area contributed by atoms with Gasteiger partial charge in [-0.3, -0.25) is 4.99 Å². The van der Waals surface area contributed by atoms with Gasteiger partial charge in [-0.25, -0.2) is 4.39 Å². The van der Waals surface area contributed by atoms with E-state index in [1.165, 1.54) is 25.7 Å². The lowest BCUT2D eigenvalue weighted by Crippen LogP contribution is -2.43. The van der Waals surface area contributed by atoms with Crippen LogP contribution in [-0.2, 0) is 0 Å². The fourth-order valence-electron chi connectivity index (χ4n) is 3.75. The smallest absolute Gasteiger partial charge is 0.194 e. The van der Waals surface area contributed by atoms with Crippen molar-refractivity contribution in [2.24, 2.45) is 10.9 Å². The van der Waals surface area contributed by atoms with Crippen LogP contribution in [0.3, 0.4) is 0 Å². The molecule has 1 aliphatic heterocycles. The molecule has 0 aromatic rings. The van der Waals surface area contributed by atoms with Crippen LogP contribution in [0.1, 0.15) is 51.4 Å². The minimum absolute atomic E-state index is 0.434. The van der Waals surface area contributed by atoms with E-state index in [1.54, 1.807) is 0 Å². The molecule has 2 atom stereocenters. The fraction of sp³-hybridized carbons (Fsp3) is 0.929. The van der Waals surface area contributed by atoms with E-state index in [-0.39, 0.29) is 0 Å². The first-order valence-electron chi connectivity index (χ1n) is 7.38.